The summed E-state index contributed by atoms with van der Waals surface area (Å²) in [5.41, 5.74) is 2.78. The topological polar surface area (TPSA) is 83.6 Å². The molecule has 21 heavy (non-hydrogen) atoms. The number of nitrogens with one attached hydrogen (secondary N) is 1. The molecule has 1 aromatic heterocycles. The molecule has 0 aliphatic rings. The van der Waals surface area contributed by atoms with Gasteiger partial charge in [0.2, 0.25) is 5.91 Å². The maximum Gasteiger partial charge on any atom is 0.249 e. The summed E-state index contributed by atoms with van der Waals surface area (Å²) in [6, 6.07) is 9.12. The number of aryl methyl sites for hydroxylation is 1. The lowest BCUT2D eigenvalue weighted by atomic mass is 10.1. The van der Waals surface area contributed by atoms with Gasteiger partial charge in [-0.05, 0) is 38.0 Å². The highest BCUT2D eigenvalue weighted by Gasteiger charge is 2.20. The maximum absolute atomic E-state index is 12.2. The quantitative estimate of drug-likeness (QED) is 0.932. The fourth-order valence-corrected chi connectivity index (χ4v) is 1.99. The first-order chi connectivity index (χ1) is 10.1. The molecule has 0 saturated carbocycles. The Hall–Kier alpha value is -2.68. The third-order valence-corrected chi connectivity index (χ3v) is 3.41. The Bertz CT molecular complexity index is 681. The Labute approximate surface area is 123 Å². The van der Waals surface area contributed by atoms with Gasteiger partial charge in [-0.2, -0.15) is 5.26 Å². The van der Waals surface area contributed by atoms with E-state index in [0.29, 0.717) is 5.69 Å². The van der Waals surface area contributed by atoms with Gasteiger partial charge in [0, 0.05) is 5.69 Å². The summed E-state index contributed by atoms with van der Waals surface area (Å²) in [6.45, 7) is 5.52. The van der Waals surface area contributed by atoms with Crippen molar-refractivity contribution in [1.29, 1.82) is 5.26 Å². The summed E-state index contributed by atoms with van der Waals surface area (Å²) >= 11 is 0. The third kappa shape index (κ3) is 3.08. The number of carbonyl (C=O) groups is 1. The lowest BCUT2D eigenvalue weighted by Gasteiger charge is -2.13. The average molecular weight is 283 g/mol. The molecule has 1 aromatic carbocycles. The van der Waals surface area contributed by atoms with Crippen molar-refractivity contribution in [2.75, 3.05) is 5.32 Å². The highest BCUT2D eigenvalue weighted by atomic mass is 16.2. The minimum Gasteiger partial charge on any atom is -0.324 e. The molecule has 1 unspecified atom stereocenters. The van der Waals surface area contributed by atoms with Crippen LogP contribution in [0.4, 0.5) is 5.69 Å². The molecule has 2 rings (SSSR count). The van der Waals surface area contributed by atoms with Crippen molar-refractivity contribution in [3.05, 3.63) is 41.2 Å². The molecule has 6 nitrogen and oxygen atoms in total. The molecular weight excluding hydrogens is 266 g/mol. The molecule has 0 radical (unpaired) electrons. The molecule has 1 amide bonds. The van der Waals surface area contributed by atoms with Gasteiger partial charge in [-0.1, -0.05) is 24.3 Å². The number of hydrogen-bond donors (Lipinski definition) is 1. The van der Waals surface area contributed by atoms with Gasteiger partial charge in [-0.3, -0.25) is 4.79 Å². The van der Waals surface area contributed by atoms with Crippen LogP contribution in [-0.4, -0.2) is 20.9 Å². The first-order valence-electron chi connectivity index (χ1n) is 6.78. The Kier molecular flexibility index (Phi) is 4.33. The summed E-state index contributed by atoms with van der Waals surface area (Å²) in [5, 5.41) is 19.3. The molecule has 1 atom stereocenters. The lowest BCUT2D eigenvalue weighted by molar-refractivity contribution is -0.119. The van der Waals surface area contributed by atoms with Gasteiger partial charge < -0.3 is 5.32 Å². The van der Waals surface area contributed by atoms with E-state index in [0.717, 1.165) is 12.1 Å². The number of benzene rings is 1. The molecule has 0 aliphatic carbocycles. The van der Waals surface area contributed by atoms with E-state index >= 15 is 0 Å². The molecule has 0 fully saturated rings. The van der Waals surface area contributed by atoms with Gasteiger partial charge in [0.25, 0.3) is 0 Å². The monoisotopic (exact) mass is 283 g/mol. The fourth-order valence-electron chi connectivity index (χ4n) is 1.99. The number of aromatic nitrogens is 3. The van der Waals surface area contributed by atoms with Gasteiger partial charge >= 0.3 is 0 Å². The van der Waals surface area contributed by atoms with Crippen LogP contribution in [0.25, 0.3) is 0 Å². The molecule has 1 heterocycles. The third-order valence-electron chi connectivity index (χ3n) is 3.41. The summed E-state index contributed by atoms with van der Waals surface area (Å²) < 4.78 is 1.45. The highest BCUT2D eigenvalue weighted by Crippen LogP contribution is 2.15. The van der Waals surface area contributed by atoms with Crippen molar-refractivity contribution < 1.29 is 4.79 Å². The first-order valence-corrected chi connectivity index (χ1v) is 6.78. The number of amides is 1. The van der Waals surface area contributed by atoms with Crippen LogP contribution in [-0.2, 0) is 11.2 Å². The van der Waals surface area contributed by atoms with Crippen molar-refractivity contribution >= 4 is 11.6 Å². The van der Waals surface area contributed by atoms with Crippen LogP contribution < -0.4 is 5.32 Å². The summed E-state index contributed by atoms with van der Waals surface area (Å²) in [6.07, 6.45) is 0.958. The molecule has 0 saturated heterocycles. The molecule has 6 heteroatoms. The van der Waals surface area contributed by atoms with Gasteiger partial charge in [0.15, 0.2) is 5.69 Å². The Morgan fingerprint density at radius 2 is 2.10 bits per heavy atom. The van der Waals surface area contributed by atoms with Gasteiger partial charge in [0.05, 0.1) is 5.69 Å². The number of nitriles is 1. The summed E-state index contributed by atoms with van der Waals surface area (Å²) in [5.74, 6) is -0.197. The van der Waals surface area contributed by atoms with Crippen LogP contribution in [0.5, 0.6) is 0 Å². The van der Waals surface area contributed by atoms with Gasteiger partial charge in [-0.15, -0.1) is 5.10 Å². The molecule has 0 bridgehead atoms. The second kappa shape index (κ2) is 6.18. The van der Waals surface area contributed by atoms with Crippen molar-refractivity contribution in [2.45, 2.75) is 33.2 Å². The van der Waals surface area contributed by atoms with E-state index in [1.54, 1.807) is 13.8 Å². The van der Waals surface area contributed by atoms with E-state index in [1.807, 2.05) is 30.3 Å². The molecule has 1 N–H and O–H groups in total. The predicted molar refractivity (Wildman–Crippen MR) is 78.6 cm³/mol. The highest BCUT2D eigenvalue weighted by molar-refractivity contribution is 5.93. The number of anilines is 1. The number of nitrogens with zero attached hydrogens (tertiary/aromatic N) is 4. The number of rotatable bonds is 4. The zero-order valence-corrected chi connectivity index (χ0v) is 12.3. The molecule has 2 aromatic rings. The van der Waals surface area contributed by atoms with Crippen LogP contribution in [0.2, 0.25) is 0 Å². The van der Waals surface area contributed by atoms with Crippen LogP contribution in [0.15, 0.2) is 24.3 Å². The van der Waals surface area contributed by atoms with Crippen molar-refractivity contribution in [2.24, 2.45) is 0 Å². The normalized spacial score (nSPS) is 11.7. The number of hydrogen-bond acceptors (Lipinski definition) is 4. The molecular formula is C15H17N5O. The Morgan fingerprint density at radius 1 is 1.43 bits per heavy atom. The van der Waals surface area contributed by atoms with E-state index in [4.69, 9.17) is 5.26 Å². The molecule has 0 spiro atoms. The van der Waals surface area contributed by atoms with Gasteiger partial charge in [0.1, 0.15) is 12.1 Å². The van der Waals surface area contributed by atoms with Crippen molar-refractivity contribution in [3.8, 4) is 6.07 Å². The molecule has 108 valence electrons. The van der Waals surface area contributed by atoms with Crippen LogP contribution in [0.3, 0.4) is 0 Å². The standard InChI is InChI=1S/C15H17N5O/c1-4-12-5-7-13(8-6-12)17-15(21)11(3)20-10(2)14(9-16)18-19-20/h5-8,11H,4H2,1-3H3,(H,17,21). The minimum atomic E-state index is -0.537. The smallest absolute Gasteiger partial charge is 0.249 e. The predicted octanol–water partition coefficient (Wildman–Crippen LogP) is 2.22. The van der Waals surface area contributed by atoms with E-state index < -0.39 is 6.04 Å². The lowest BCUT2D eigenvalue weighted by Crippen LogP contribution is -2.25. The Balaban J connectivity index is 2.11. The van der Waals surface area contributed by atoms with Crippen molar-refractivity contribution in [1.82, 2.24) is 15.0 Å². The second-order valence-corrected chi connectivity index (χ2v) is 4.80. The molecule has 0 aliphatic heterocycles. The maximum atomic E-state index is 12.2. The minimum absolute atomic E-state index is 0.197. The van der Waals surface area contributed by atoms with Crippen molar-refractivity contribution in [3.63, 3.8) is 0 Å². The largest absolute Gasteiger partial charge is 0.324 e. The van der Waals surface area contributed by atoms with Crippen LogP contribution >= 0.6 is 0 Å². The zero-order valence-electron chi connectivity index (χ0n) is 12.3. The SMILES string of the molecule is CCc1ccc(NC(=O)C(C)n2nnc(C#N)c2C)cc1. The van der Waals surface area contributed by atoms with Crippen LogP contribution in [0, 0.1) is 18.3 Å². The van der Waals surface area contributed by atoms with E-state index in [2.05, 4.69) is 22.6 Å². The van der Waals surface area contributed by atoms with E-state index in [-0.39, 0.29) is 11.6 Å². The van der Waals surface area contributed by atoms with E-state index in [9.17, 15) is 4.79 Å². The summed E-state index contributed by atoms with van der Waals surface area (Å²) in [4.78, 5) is 12.2. The van der Waals surface area contributed by atoms with Crippen LogP contribution in [0.1, 0.15) is 36.8 Å². The Morgan fingerprint density at radius 3 is 2.62 bits per heavy atom. The summed E-state index contributed by atoms with van der Waals surface area (Å²) in [7, 11) is 0. The first kappa shape index (κ1) is 14.7. The fraction of sp³-hybridized carbons (Fsp3) is 0.333. The zero-order chi connectivity index (χ0) is 15.4. The second-order valence-electron chi connectivity index (χ2n) is 4.80. The average Bonchev–Trinajstić information content (AvgIpc) is 2.88. The number of carbonyl (C=O) groups excluding carboxylic acids is 1. The van der Waals surface area contributed by atoms with E-state index in [1.165, 1.54) is 10.2 Å². The van der Waals surface area contributed by atoms with Gasteiger partial charge in [-0.25, -0.2) is 4.68 Å².